The first-order valence-corrected chi connectivity index (χ1v) is 11.6. The first-order valence-electron chi connectivity index (χ1n) is 10.7. The Morgan fingerprint density at radius 3 is 2.59 bits per heavy atom. The van der Waals surface area contributed by atoms with Crippen molar-refractivity contribution in [2.24, 2.45) is 0 Å². The molecular formula is C24H24FN3O5S. The van der Waals surface area contributed by atoms with Crippen LogP contribution in [0.4, 0.5) is 9.52 Å². The average molecular weight is 486 g/mol. The number of aromatic nitrogens is 1. The van der Waals surface area contributed by atoms with Crippen molar-refractivity contribution in [2.45, 2.75) is 26.4 Å². The number of aliphatic hydroxyl groups excluding tert-OH is 1. The number of anilines is 1. The van der Waals surface area contributed by atoms with Gasteiger partial charge in [0, 0.05) is 35.7 Å². The number of aryl methyl sites for hydroxylation is 1. The Balaban J connectivity index is 1.58. The van der Waals surface area contributed by atoms with Crippen molar-refractivity contribution in [2.75, 3.05) is 25.0 Å². The maximum atomic E-state index is 14.7. The fourth-order valence-corrected chi connectivity index (χ4v) is 3.91. The van der Waals surface area contributed by atoms with Crippen molar-refractivity contribution >= 4 is 28.3 Å². The lowest BCUT2D eigenvalue weighted by Crippen LogP contribution is -2.42. The Morgan fingerprint density at radius 2 is 1.97 bits per heavy atom. The highest BCUT2D eigenvalue weighted by Gasteiger charge is 2.23. The topological polar surface area (TPSA) is 101 Å². The van der Waals surface area contributed by atoms with Crippen molar-refractivity contribution in [1.29, 1.82) is 0 Å². The summed E-state index contributed by atoms with van der Waals surface area (Å²) in [6.07, 6.45) is 0.414. The summed E-state index contributed by atoms with van der Waals surface area (Å²) >= 11 is 1.29. The summed E-state index contributed by atoms with van der Waals surface area (Å²) in [5.41, 5.74) is 1.23. The summed E-state index contributed by atoms with van der Waals surface area (Å²) in [6.45, 7) is 4.59. The summed E-state index contributed by atoms with van der Waals surface area (Å²) in [6, 6.07) is 8.47. The van der Waals surface area contributed by atoms with Crippen molar-refractivity contribution in [1.82, 2.24) is 9.88 Å². The number of rotatable bonds is 8. The number of nitrogens with one attached hydrogen (secondary N) is 1. The number of hydrogen-bond donors (Lipinski definition) is 2. The number of benzene rings is 2. The molecule has 3 aromatic rings. The second-order valence-corrected chi connectivity index (χ2v) is 8.80. The van der Waals surface area contributed by atoms with E-state index in [9.17, 15) is 19.1 Å². The SMILES string of the molecule is Cc1csc(NC(=O)c2cc(Oc3ccc(C(=O)N4CCC4)cc3F)cc(O[C@@H](C)CO)c2)n1. The number of nitrogens with zero attached hydrogens (tertiary/aromatic N) is 2. The highest BCUT2D eigenvalue weighted by Crippen LogP contribution is 2.31. The Morgan fingerprint density at radius 1 is 1.21 bits per heavy atom. The molecule has 1 fully saturated rings. The number of ether oxygens (including phenoxy) is 2. The monoisotopic (exact) mass is 485 g/mol. The molecule has 2 N–H and O–H groups in total. The Hall–Kier alpha value is -3.50. The number of hydrogen-bond acceptors (Lipinski definition) is 7. The van der Waals surface area contributed by atoms with Crippen LogP contribution in [0.5, 0.6) is 17.2 Å². The van der Waals surface area contributed by atoms with Gasteiger partial charge in [0.1, 0.15) is 17.6 Å². The number of thiazole rings is 1. The molecule has 1 atom stereocenters. The molecule has 1 aromatic heterocycles. The van der Waals surface area contributed by atoms with Gasteiger partial charge in [-0.1, -0.05) is 0 Å². The first kappa shape index (κ1) is 23.7. The molecule has 2 aromatic carbocycles. The van der Waals surface area contributed by atoms with Crippen LogP contribution in [0.15, 0.2) is 41.8 Å². The summed E-state index contributed by atoms with van der Waals surface area (Å²) in [5.74, 6) is -1.05. The molecule has 0 bridgehead atoms. The van der Waals surface area contributed by atoms with Crippen LogP contribution in [0.25, 0.3) is 0 Å². The van der Waals surface area contributed by atoms with Crippen LogP contribution in [0.3, 0.4) is 0 Å². The Labute approximate surface area is 200 Å². The fraction of sp³-hybridized carbons (Fsp3) is 0.292. The number of amides is 2. The van der Waals surface area contributed by atoms with Gasteiger partial charge in [-0.2, -0.15) is 0 Å². The van der Waals surface area contributed by atoms with Crippen LogP contribution in [0.2, 0.25) is 0 Å². The van der Waals surface area contributed by atoms with E-state index in [1.165, 1.54) is 41.7 Å². The Kier molecular flexibility index (Phi) is 7.09. The van der Waals surface area contributed by atoms with Crippen LogP contribution in [0, 0.1) is 12.7 Å². The Bertz CT molecular complexity index is 1210. The van der Waals surface area contributed by atoms with E-state index in [4.69, 9.17) is 9.47 Å². The molecule has 2 heterocycles. The van der Waals surface area contributed by atoms with E-state index >= 15 is 0 Å². The highest BCUT2D eigenvalue weighted by molar-refractivity contribution is 7.13. The number of halogens is 1. The summed E-state index contributed by atoms with van der Waals surface area (Å²) in [4.78, 5) is 31.0. The molecule has 8 nitrogen and oxygen atoms in total. The predicted octanol–water partition coefficient (Wildman–Crippen LogP) is 4.24. The standard InChI is InChI=1S/C24H24FN3O5S/c1-14-13-34-24(26-14)27-22(30)17-8-18(32-15(2)12-29)11-19(9-17)33-21-5-4-16(10-20(21)25)23(31)28-6-3-7-28/h4-5,8-11,13,15,29H,3,6-7,12H2,1-2H3,(H,26,27,30)/t15-/m0/s1. The lowest BCUT2D eigenvalue weighted by atomic mass is 10.1. The molecular weight excluding hydrogens is 461 g/mol. The largest absolute Gasteiger partial charge is 0.488 e. The lowest BCUT2D eigenvalue weighted by molar-refractivity contribution is 0.0651. The molecule has 4 rings (SSSR count). The van der Waals surface area contributed by atoms with E-state index in [2.05, 4.69) is 10.3 Å². The smallest absolute Gasteiger partial charge is 0.257 e. The van der Waals surface area contributed by atoms with E-state index in [0.29, 0.717) is 18.2 Å². The normalized spacial score (nSPS) is 13.7. The van der Waals surface area contributed by atoms with Crippen molar-refractivity contribution in [3.05, 3.63) is 64.4 Å². The van der Waals surface area contributed by atoms with Crippen LogP contribution in [-0.2, 0) is 0 Å². The molecule has 0 radical (unpaired) electrons. The molecule has 0 spiro atoms. The zero-order valence-corrected chi connectivity index (χ0v) is 19.5. The summed E-state index contributed by atoms with van der Waals surface area (Å²) in [5, 5.41) is 14.3. The molecule has 1 saturated heterocycles. The molecule has 0 aliphatic carbocycles. The number of likely N-dealkylation sites (tertiary alicyclic amines) is 1. The molecule has 10 heteroatoms. The van der Waals surface area contributed by atoms with Gasteiger partial charge in [-0.15, -0.1) is 11.3 Å². The minimum Gasteiger partial charge on any atom is -0.488 e. The quantitative estimate of drug-likeness (QED) is 0.495. The average Bonchev–Trinajstić information content (AvgIpc) is 3.18. The van der Waals surface area contributed by atoms with Gasteiger partial charge in [-0.25, -0.2) is 9.37 Å². The lowest BCUT2D eigenvalue weighted by Gasteiger charge is -2.30. The second-order valence-electron chi connectivity index (χ2n) is 7.95. The van der Waals surface area contributed by atoms with E-state index in [-0.39, 0.29) is 40.9 Å². The molecule has 1 aliphatic heterocycles. The van der Waals surface area contributed by atoms with Gasteiger partial charge in [-0.3, -0.25) is 14.9 Å². The molecule has 178 valence electrons. The van der Waals surface area contributed by atoms with Gasteiger partial charge in [0.2, 0.25) is 0 Å². The van der Waals surface area contributed by atoms with Crippen LogP contribution in [-0.4, -0.2) is 52.6 Å². The van der Waals surface area contributed by atoms with Gasteiger partial charge in [0.15, 0.2) is 16.7 Å². The molecule has 2 amide bonds. The van der Waals surface area contributed by atoms with E-state index in [0.717, 1.165) is 18.2 Å². The number of carbonyl (C=O) groups excluding carboxylic acids is 2. The van der Waals surface area contributed by atoms with Gasteiger partial charge < -0.3 is 19.5 Å². The second kappa shape index (κ2) is 10.2. The summed E-state index contributed by atoms with van der Waals surface area (Å²) < 4.78 is 26.1. The minimum absolute atomic E-state index is 0.102. The number of aliphatic hydroxyl groups is 1. The van der Waals surface area contributed by atoms with E-state index in [1.54, 1.807) is 11.8 Å². The van der Waals surface area contributed by atoms with Crippen molar-refractivity contribution in [3.8, 4) is 17.2 Å². The third-order valence-electron chi connectivity index (χ3n) is 5.13. The minimum atomic E-state index is -0.703. The third kappa shape index (κ3) is 5.52. The zero-order chi connectivity index (χ0) is 24.2. The van der Waals surface area contributed by atoms with Gasteiger partial charge >= 0.3 is 0 Å². The van der Waals surface area contributed by atoms with Crippen LogP contribution >= 0.6 is 11.3 Å². The predicted molar refractivity (Wildman–Crippen MR) is 125 cm³/mol. The highest BCUT2D eigenvalue weighted by atomic mass is 32.1. The molecule has 1 aliphatic rings. The zero-order valence-electron chi connectivity index (χ0n) is 18.7. The van der Waals surface area contributed by atoms with E-state index in [1.807, 2.05) is 12.3 Å². The maximum absolute atomic E-state index is 14.7. The first-order chi connectivity index (χ1) is 16.3. The summed E-state index contributed by atoms with van der Waals surface area (Å²) in [7, 11) is 0. The van der Waals surface area contributed by atoms with Gasteiger partial charge in [0.05, 0.1) is 12.3 Å². The molecule has 0 unspecified atom stereocenters. The van der Waals surface area contributed by atoms with Crippen molar-refractivity contribution in [3.63, 3.8) is 0 Å². The maximum Gasteiger partial charge on any atom is 0.257 e. The van der Waals surface area contributed by atoms with Crippen LogP contribution < -0.4 is 14.8 Å². The third-order valence-corrected chi connectivity index (χ3v) is 6.00. The van der Waals surface area contributed by atoms with E-state index < -0.39 is 17.8 Å². The fourth-order valence-electron chi connectivity index (χ4n) is 3.23. The van der Waals surface area contributed by atoms with Gasteiger partial charge in [-0.05, 0) is 50.6 Å². The van der Waals surface area contributed by atoms with Crippen molar-refractivity contribution < 1.29 is 28.6 Å². The number of carbonyl (C=O) groups is 2. The van der Waals surface area contributed by atoms with Gasteiger partial charge in [0.25, 0.3) is 11.8 Å². The van der Waals surface area contributed by atoms with Crippen LogP contribution in [0.1, 0.15) is 39.8 Å². The molecule has 0 saturated carbocycles. The molecule has 34 heavy (non-hydrogen) atoms.